The maximum Gasteiger partial charge on any atom is 0.256 e. The van der Waals surface area contributed by atoms with Crippen molar-refractivity contribution in [3.05, 3.63) is 51.6 Å². The van der Waals surface area contributed by atoms with Crippen molar-refractivity contribution in [1.82, 2.24) is 29.0 Å². The fraction of sp³-hybridized carbons (Fsp3) is 0.500. The molecule has 3 aromatic rings. The van der Waals surface area contributed by atoms with Gasteiger partial charge in [-0.05, 0) is 32.3 Å². The lowest BCUT2D eigenvalue weighted by Gasteiger charge is -2.20. The highest BCUT2D eigenvalue weighted by Gasteiger charge is 2.25. The van der Waals surface area contributed by atoms with E-state index in [2.05, 4.69) is 19.5 Å². The lowest BCUT2D eigenvalue weighted by atomic mass is 10.1. The molecule has 1 aliphatic heterocycles. The highest BCUT2D eigenvalue weighted by Crippen LogP contribution is 2.31. The van der Waals surface area contributed by atoms with Crippen molar-refractivity contribution >= 4 is 17.1 Å². The minimum Gasteiger partial charge on any atom is -0.338 e. The van der Waals surface area contributed by atoms with Crippen LogP contribution in [0.2, 0.25) is 0 Å². The SMILES string of the molecule is Cc1nc2c(c(=O)n1C)CCN(C(=O)c1cnc3c(c1)ncn3C1CCCC1)CC2. The summed E-state index contributed by atoms with van der Waals surface area (Å²) in [5, 5.41) is 0. The number of nitrogens with zero attached hydrogens (tertiary/aromatic N) is 6. The number of carbonyl (C=O) groups is 1. The summed E-state index contributed by atoms with van der Waals surface area (Å²) in [4.78, 5) is 41.2. The molecule has 1 fully saturated rings. The second-order valence-electron chi connectivity index (χ2n) is 8.40. The largest absolute Gasteiger partial charge is 0.338 e. The second kappa shape index (κ2) is 7.34. The molecule has 1 amide bonds. The number of aryl methyl sites for hydroxylation is 1. The zero-order chi connectivity index (χ0) is 20.8. The number of imidazole rings is 1. The van der Waals surface area contributed by atoms with Crippen LogP contribution in [-0.2, 0) is 19.9 Å². The van der Waals surface area contributed by atoms with Crippen molar-refractivity contribution in [3.8, 4) is 0 Å². The lowest BCUT2D eigenvalue weighted by Crippen LogP contribution is -2.33. The van der Waals surface area contributed by atoms with Crippen molar-refractivity contribution in [2.75, 3.05) is 13.1 Å². The maximum atomic E-state index is 13.2. The van der Waals surface area contributed by atoms with Crippen LogP contribution >= 0.6 is 0 Å². The summed E-state index contributed by atoms with van der Waals surface area (Å²) >= 11 is 0. The van der Waals surface area contributed by atoms with E-state index in [1.165, 1.54) is 12.8 Å². The van der Waals surface area contributed by atoms with Crippen LogP contribution in [-0.4, -0.2) is 48.0 Å². The van der Waals surface area contributed by atoms with Crippen LogP contribution in [0, 0.1) is 6.92 Å². The lowest BCUT2D eigenvalue weighted by molar-refractivity contribution is 0.0762. The van der Waals surface area contributed by atoms with Gasteiger partial charge in [-0.3, -0.25) is 14.2 Å². The zero-order valence-corrected chi connectivity index (χ0v) is 17.5. The first-order valence-corrected chi connectivity index (χ1v) is 10.7. The molecule has 0 aromatic carbocycles. The molecule has 8 nitrogen and oxygen atoms in total. The fourth-order valence-corrected chi connectivity index (χ4v) is 4.74. The Kier molecular flexibility index (Phi) is 4.64. The molecule has 156 valence electrons. The van der Waals surface area contributed by atoms with E-state index in [4.69, 9.17) is 0 Å². The number of rotatable bonds is 2. The third-order valence-corrected chi connectivity index (χ3v) is 6.61. The Morgan fingerprint density at radius 1 is 1.13 bits per heavy atom. The van der Waals surface area contributed by atoms with Crippen LogP contribution < -0.4 is 5.56 Å². The van der Waals surface area contributed by atoms with Crippen LogP contribution in [0.5, 0.6) is 0 Å². The van der Waals surface area contributed by atoms with Crippen molar-refractivity contribution in [1.29, 1.82) is 0 Å². The third kappa shape index (κ3) is 3.11. The highest BCUT2D eigenvalue weighted by molar-refractivity contribution is 5.96. The Balaban J connectivity index is 1.39. The van der Waals surface area contributed by atoms with Crippen molar-refractivity contribution in [2.45, 2.75) is 51.5 Å². The predicted octanol–water partition coefficient (Wildman–Crippen LogP) is 2.19. The van der Waals surface area contributed by atoms with Crippen LogP contribution in [0.1, 0.15) is 59.2 Å². The number of hydrogen-bond donors (Lipinski definition) is 0. The van der Waals surface area contributed by atoms with Crippen molar-refractivity contribution in [3.63, 3.8) is 0 Å². The Labute approximate surface area is 174 Å². The molecular formula is C22H26N6O2. The maximum absolute atomic E-state index is 13.2. The second-order valence-corrected chi connectivity index (χ2v) is 8.40. The van der Waals surface area contributed by atoms with Crippen LogP contribution in [0.3, 0.4) is 0 Å². The first-order valence-electron chi connectivity index (χ1n) is 10.7. The molecule has 0 radical (unpaired) electrons. The van der Waals surface area contributed by atoms with Gasteiger partial charge in [0.1, 0.15) is 11.3 Å². The van der Waals surface area contributed by atoms with Crippen molar-refractivity contribution < 1.29 is 4.79 Å². The fourth-order valence-electron chi connectivity index (χ4n) is 4.74. The summed E-state index contributed by atoms with van der Waals surface area (Å²) in [7, 11) is 1.74. The molecule has 4 heterocycles. The molecule has 1 saturated carbocycles. The molecule has 2 aliphatic rings. The molecule has 0 spiro atoms. The molecule has 0 saturated heterocycles. The van der Waals surface area contributed by atoms with Gasteiger partial charge in [0, 0.05) is 44.4 Å². The third-order valence-electron chi connectivity index (χ3n) is 6.61. The van der Waals surface area contributed by atoms with Gasteiger partial charge in [-0.2, -0.15) is 0 Å². The van der Waals surface area contributed by atoms with Crippen LogP contribution in [0.15, 0.2) is 23.4 Å². The number of amides is 1. The molecular weight excluding hydrogens is 380 g/mol. The van der Waals surface area contributed by atoms with Gasteiger partial charge in [-0.15, -0.1) is 0 Å². The van der Waals surface area contributed by atoms with E-state index in [1.54, 1.807) is 22.7 Å². The molecule has 5 rings (SSSR count). The molecule has 8 heteroatoms. The van der Waals surface area contributed by atoms with E-state index in [-0.39, 0.29) is 11.5 Å². The average molecular weight is 406 g/mol. The average Bonchev–Trinajstić information content (AvgIpc) is 3.37. The Hall–Kier alpha value is -3.03. The van der Waals surface area contributed by atoms with Gasteiger partial charge >= 0.3 is 0 Å². The number of hydrogen-bond acceptors (Lipinski definition) is 5. The van der Waals surface area contributed by atoms with Crippen LogP contribution in [0.4, 0.5) is 0 Å². The van der Waals surface area contributed by atoms with Gasteiger partial charge in [0.05, 0.1) is 17.6 Å². The Bertz CT molecular complexity index is 1190. The molecule has 0 atom stereocenters. The Morgan fingerprint density at radius 2 is 1.90 bits per heavy atom. The summed E-state index contributed by atoms with van der Waals surface area (Å²) in [6.45, 7) is 2.88. The van der Waals surface area contributed by atoms with Crippen LogP contribution in [0.25, 0.3) is 11.2 Å². The number of fused-ring (bicyclic) bond motifs is 2. The number of carbonyl (C=O) groups excluding carboxylic acids is 1. The van der Waals surface area contributed by atoms with Gasteiger partial charge in [0.15, 0.2) is 5.65 Å². The van der Waals surface area contributed by atoms with Gasteiger partial charge in [-0.1, -0.05) is 12.8 Å². The molecule has 3 aromatic heterocycles. The number of pyridine rings is 1. The van der Waals surface area contributed by atoms with Gasteiger partial charge in [0.25, 0.3) is 11.5 Å². The monoisotopic (exact) mass is 406 g/mol. The summed E-state index contributed by atoms with van der Waals surface area (Å²) in [5.41, 5.74) is 3.69. The Morgan fingerprint density at radius 3 is 2.70 bits per heavy atom. The molecule has 1 aliphatic carbocycles. The molecule has 30 heavy (non-hydrogen) atoms. The number of aromatic nitrogens is 5. The van der Waals surface area contributed by atoms with E-state index in [1.807, 2.05) is 19.3 Å². The van der Waals surface area contributed by atoms with Gasteiger partial charge in [0.2, 0.25) is 0 Å². The van der Waals surface area contributed by atoms with E-state index in [0.29, 0.717) is 43.4 Å². The molecule has 0 N–H and O–H groups in total. The quantitative estimate of drug-likeness (QED) is 0.651. The van der Waals surface area contributed by atoms with Gasteiger partial charge in [-0.25, -0.2) is 15.0 Å². The standard InChI is InChI=1S/C22H26N6O2/c1-14-25-18-8-10-27(9-7-17(18)22(30)26(14)2)21(29)15-11-19-20(23-12-15)28(13-24-19)16-5-3-4-6-16/h11-13,16H,3-10H2,1-2H3. The topological polar surface area (TPSA) is 85.9 Å². The van der Waals surface area contributed by atoms with E-state index in [9.17, 15) is 9.59 Å². The summed E-state index contributed by atoms with van der Waals surface area (Å²) < 4.78 is 3.73. The van der Waals surface area contributed by atoms with E-state index < -0.39 is 0 Å². The van der Waals surface area contributed by atoms with E-state index >= 15 is 0 Å². The summed E-state index contributed by atoms with van der Waals surface area (Å²) in [6.07, 6.45) is 9.44. The minimum absolute atomic E-state index is 0.00709. The smallest absolute Gasteiger partial charge is 0.256 e. The minimum atomic E-state index is -0.0684. The van der Waals surface area contributed by atoms with Crippen molar-refractivity contribution in [2.24, 2.45) is 7.05 Å². The first-order chi connectivity index (χ1) is 14.5. The zero-order valence-electron chi connectivity index (χ0n) is 17.5. The van der Waals surface area contributed by atoms with E-state index in [0.717, 1.165) is 35.3 Å². The molecule has 0 unspecified atom stereocenters. The molecule has 0 bridgehead atoms. The summed E-state index contributed by atoms with van der Waals surface area (Å²) in [5.74, 6) is 0.632. The summed E-state index contributed by atoms with van der Waals surface area (Å²) in [6, 6.07) is 2.31. The van der Waals surface area contributed by atoms with Gasteiger partial charge < -0.3 is 9.47 Å². The normalized spacial score (nSPS) is 17.3. The first kappa shape index (κ1) is 19.0. The highest BCUT2D eigenvalue weighted by atomic mass is 16.2. The predicted molar refractivity (Wildman–Crippen MR) is 113 cm³/mol.